The Hall–Kier alpha value is -6.42. The van der Waals surface area contributed by atoms with Crippen LogP contribution in [0.5, 0.6) is 0 Å². The summed E-state index contributed by atoms with van der Waals surface area (Å²) < 4.78 is 4.97. The molecule has 51 heavy (non-hydrogen) atoms. The van der Waals surface area contributed by atoms with E-state index in [4.69, 9.17) is 0 Å². The van der Waals surface area contributed by atoms with Crippen LogP contribution < -0.4 is 4.90 Å². The van der Waals surface area contributed by atoms with E-state index in [1.54, 1.807) is 0 Å². The van der Waals surface area contributed by atoms with Gasteiger partial charge in [-0.1, -0.05) is 121 Å². The zero-order chi connectivity index (χ0) is 33.7. The fraction of sp³-hybridized carbons (Fsp3) is 0. The lowest BCUT2D eigenvalue weighted by Gasteiger charge is -2.26. The Balaban J connectivity index is 1.04. The maximum Gasteiger partial charge on any atom is 0.0640 e. The van der Waals surface area contributed by atoms with Crippen molar-refractivity contribution in [3.05, 3.63) is 194 Å². The van der Waals surface area contributed by atoms with Crippen LogP contribution in [0.15, 0.2) is 194 Å². The lowest BCUT2D eigenvalue weighted by atomic mass is 9.97. The second-order valence-corrected chi connectivity index (χ2v) is 14.0. The maximum atomic E-state index is 2.39. The number of fused-ring (bicyclic) bond motifs is 6. The molecule has 0 aliphatic carbocycles. The summed E-state index contributed by atoms with van der Waals surface area (Å²) >= 11 is 1.86. The molecule has 240 valence electrons. The van der Waals surface area contributed by atoms with Crippen LogP contribution in [0.3, 0.4) is 0 Å². The van der Waals surface area contributed by atoms with Crippen molar-refractivity contribution in [1.82, 2.24) is 4.57 Å². The highest BCUT2D eigenvalue weighted by Crippen LogP contribution is 2.45. The monoisotopic (exact) mass is 668 g/mol. The third-order valence-corrected chi connectivity index (χ3v) is 11.2. The van der Waals surface area contributed by atoms with Gasteiger partial charge in [0.15, 0.2) is 0 Å². The van der Waals surface area contributed by atoms with Gasteiger partial charge in [-0.3, -0.25) is 0 Å². The Labute approximate surface area is 300 Å². The van der Waals surface area contributed by atoms with Gasteiger partial charge in [-0.05, 0) is 95.1 Å². The molecular formula is C48H32N2S. The first-order chi connectivity index (χ1) is 25.3. The standard InChI is InChI=1S/C48H32N2S/c1-3-15-37(16-4-1)49(46-23-12-21-42-41-20-8-10-24-47(41)51-48(42)46)39-28-25-33(26-29-39)34-13-11-14-35(31-34)36-27-30-45-43(32-36)40-19-7-9-22-44(40)50(45)38-17-5-2-6-18-38/h1-32H. The van der Waals surface area contributed by atoms with Crippen LogP contribution in [-0.4, -0.2) is 4.57 Å². The zero-order valence-electron chi connectivity index (χ0n) is 27.8. The van der Waals surface area contributed by atoms with Crippen LogP contribution >= 0.6 is 11.3 Å². The third kappa shape index (κ3) is 5.01. The predicted molar refractivity (Wildman–Crippen MR) is 219 cm³/mol. The number of thiophene rings is 1. The highest BCUT2D eigenvalue weighted by atomic mass is 32.1. The van der Waals surface area contributed by atoms with Crippen molar-refractivity contribution in [3.63, 3.8) is 0 Å². The maximum absolute atomic E-state index is 2.39. The number of benzene rings is 8. The van der Waals surface area contributed by atoms with E-state index in [1.165, 1.54) is 75.6 Å². The van der Waals surface area contributed by atoms with E-state index in [0.717, 1.165) is 11.4 Å². The second-order valence-electron chi connectivity index (χ2n) is 13.0. The Kier molecular flexibility index (Phi) is 7.04. The molecule has 2 heterocycles. The van der Waals surface area contributed by atoms with Crippen molar-refractivity contribution < 1.29 is 0 Å². The number of hydrogen-bond donors (Lipinski definition) is 0. The number of para-hydroxylation sites is 3. The van der Waals surface area contributed by atoms with Crippen molar-refractivity contribution in [2.24, 2.45) is 0 Å². The van der Waals surface area contributed by atoms with E-state index >= 15 is 0 Å². The molecule has 2 nitrogen and oxygen atoms in total. The summed E-state index contributed by atoms with van der Waals surface area (Å²) in [4.78, 5) is 2.39. The minimum Gasteiger partial charge on any atom is -0.309 e. The van der Waals surface area contributed by atoms with Crippen LogP contribution in [0.2, 0.25) is 0 Å². The molecule has 0 bridgehead atoms. The molecule has 0 N–H and O–H groups in total. The van der Waals surface area contributed by atoms with Gasteiger partial charge in [0.25, 0.3) is 0 Å². The second kappa shape index (κ2) is 12.2. The SMILES string of the molecule is c1ccc(N(c2ccc(-c3cccc(-c4ccc5c(c4)c4ccccc4n5-c4ccccc4)c3)cc2)c2cccc3c2sc2ccccc23)cc1. The Bertz CT molecular complexity index is 2850. The first kappa shape index (κ1) is 29.5. The molecule has 10 rings (SSSR count). The average Bonchev–Trinajstić information content (AvgIpc) is 3.75. The van der Waals surface area contributed by atoms with E-state index in [1.807, 2.05) is 11.3 Å². The molecular weight excluding hydrogens is 637 g/mol. The lowest BCUT2D eigenvalue weighted by molar-refractivity contribution is 1.18. The molecule has 8 aromatic carbocycles. The van der Waals surface area contributed by atoms with Crippen molar-refractivity contribution in [3.8, 4) is 27.9 Å². The first-order valence-electron chi connectivity index (χ1n) is 17.4. The molecule has 0 saturated carbocycles. The minimum absolute atomic E-state index is 1.13. The minimum atomic E-state index is 1.13. The van der Waals surface area contributed by atoms with Gasteiger partial charge in [-0.15, -0.1) is 11.3 Å². The van der Waals surface area contributed by atoms with E-state index in [2.05, 4.69) is 204 Å². The van der Waals surface area contributed by atoms with Gasteiger partial charge in [0.05, 0.1) is 21.4 Å². The Morgan fingerprint density at radius 1 is 0.373 bits per heavy atom. The predicted octanol–water partition coefficient (Wildman–Crippen LogP) is 14.0. The van der Waals surface area contributed by atoms with Crippen LogP contribution in [0, 0.1) is 0 Å². The molecule has 0 aliphatic heterocycles. The third-order valence-electron chi connectivity index (χ3n) is 9.98. The summed E-state index contributed by atoms with van der Waals surface area (Å²) in [5, 5.41) is 5.13. The topological polar surface area (TPSA) is 8.17 Å². The average molecular weight is 669 g/mol. The summed E-state index contributed by atoms with van der Waals surface area (Å²) in [6.45, 7) is 0. The number of nitrogens with zero attached hydrogens (tertiary/aromatic N) is 2. The Morgan fingerprint density at radius 3 is 1.78 bits per heavy atom. The molecule has 0 aliphatic rings. The molecule has 0 unspecified atom stereocenters. The highest BCUT2D eigenvalue weighted by molar-refractivity contribution is 7.26. The molecule has 3 heteroatoms. The van der Waals surface area contributed by atoms with Gasteiger partial charge in [-0.25, -0.2) is 0 Å². The molecule has 0 amide bonds. The number of aromatic nitrogens is 1. The van der Waals surface area contributed by atoms with Crippen LogP contribution in [-0.2, 0) is 0 Å². The number of anilines is 3. The van der Waals surface area contributed by atoms with E-state index in [0.29, 0.717) is 0 Å². The molecule has 10 aromatic rings. The van der Waals surface area contributed by atoms with E-state index in [9.17, 15) is 0 Å². The molecule has 0 saturated heterocycles. The lowest BCUT2D eigenvalue weighted by Crippen LogP contribution is -2.09. The Morgan fingerprint density at radius 2 is 0.961 bits per heavy atom. The summed E-state index contributed by atoms with van der Waals surface area (Å²) in [6, 6.07) is 70.3. The molecule has 2 aromatic heterocycles. The van der Waals surface area contributed by atoms with Crippen molar-refractivity contribution >= 4 is 70.4 Å². The normalized spacial score (nSPS) is 11.5. The first-order valence-corrected chi connectivity index (χ1v) is 18.2. The molecule has 0 spiro atoms. The van der Waals surface area contributed by atoms with Crippen molar-refractivity contribution in [2.75, 3.05) is 4.90 Å². The quantitative estimate of drug-likeness (QED) is 0.171. The molecule has 0 radical (unpaired) electrons. The largest absolute Gasteiger partial charge is 0.309 e. The summed E-state index contributed by atoms with van der Waals surface area (Å²) in [5.41, 5.74) is 11.9. The van der Waals surface area contributed by atoms with Gasteiger partial charge in [0.1, 0.15) is 0 Å². The van der Waals surface area contributed by atoms with Gasteiger partial charge >= 0.3 is 0 Å². The summed E-state index contributed by atoms with van der Waals surface area (Å²) in [6.07, 6.45) is 0. The summed E-state index contributed by atoms with van der Waals surface area (Å²) in [5.74, 6) is 0. The summed E-state index contributed by atoms with van der Waals surface area (Å²) in [7, 11) is 0. The van der Waals surface area contributed by atoms with Crippen LogP contribution in [0.4, 0.5) is 17.1 Å². The van der Waals surface area contributed by atoms with E-state index < -0.39 is 0 Å². The zero-order valence-corrected chi connectivity index (χ0v) is 28.6. The van der Waals surface area contributed by atoms with Crippen LogP contribution in [0.25, 0.3) is 69.9 Å². The molecule has 0 fully saturated rings. The van der Waals surface area contributed by atoms with Gasteiger partial charge in [0.2, 0.25) is 0 Å². The van der Waals surface area contributed by atoms with Crippen LogP contribution in [0.1, 0.15) is 0 Å². The fourth-order valence-corrected chi connectivity index (χ4v) is 8.81. The fourth-order valence-electron chi connectivity index (χ4n) is 7.60. The van der Waals surface area contributed by atoms with E-state index in [-0.39, 0.29) is 0 Å². The van der Waals surface area contributed by atoms with Gasteiger partial charge in [0, 0.05) is 43.3 Å². The van der Waals surface area contributed by atoms with Crippen molar-refractivity contribution in [2.45, 2.75) is 0 Å². The highest BCUT2D eigenvalue weighted by Gasteiger charge is 2.18. The number of rotatable bonds is 6. The van der Waals surface area contributed by atoms with Crippen molar-refractivity contribution in [1.29, 1.82) is 0 Å². The smallest absolute Gasteiger partial charge is 0.0640 e. The molecule has 0 atom stereocenters. The number of hydrogen-bond acceptors (Lipinski definition) is 2. The van der Waals surface area contributed by atoms with Gasteiger partial charge in [-0.2, -0.15) is 0 Å². The van der Waals surface area contributed by atoms with Gasteiger partial charge < -0.3 is 9.47 Å².